The van der Waals surface area contributed by atoms with Crippen molar-refractivity contribution in [3.8, 4) is 0 Å². The molecule has 0 bridgehead atoms. The van der Waals surface area contributed by atoms with Gasteiger partial charge in [-0.15, -0.1) is 0 Å². The number of hydrogen-bond acceptors (Lipinski definition) is 5. The summed E-state index contributed by atoms with van der Waals surface area (Å²) in [5, 5.41) is 9.34. The van der Waals surface area contributed by atoms with Crippen molar-refractivity contribution in [2.24, 2.45) is 0 Å². The average Bonchev–Trinajstić information content (AvgIpc) is 3.12. The Hall–Kier alpha value is -2.50. The van der Waals surface area contributed by atoms with Crippen molar-refractivity contribution >= 4 is 25.3 Å². The fraction of sp³-hybridized carbons (Fsp3) is 0.435. The molecule has 3 aliphatic rings. The SMILES string of the molecule is CC1=CC(N2C[C@@H](C)N[C@@H](C)C2)=CN2C(=O)C=C(c3cc4c(C)nc(C)cn4n3)PC12. The van der Waals surface area contributed by atoms with Crippen molar-refractivity contribution in [3.63, 3.8) is 0 Å². The molecule has 1 fully saturated rings. The number of aryl methyl sites for hydroxylation is 2. The lowest BCUT2D eigenvalue weighted by atomic mass is 10.1. The molecule has 8 heteroatoms. The quantitative estimate of drug-likeness (QED) is 0.734. The molecule has 0 aromatic carbocycles. The van der Waals surface area contributed by atoms with Crippen LogP contribution in [0.3, 0.4) is 0 Å². The molecule has 0 spiro atoms. The monoisotopic (exact) mass is 436 g/mol. The minimum atomic E-state index is 0.0306. The first-order valence-electron chi connectivity index (χ1n) is 10.8. The summed E-state index contributed by atoms with van der Waals surface area (Å²) >= 11 is 0. The van der Waals surface area contributed by atoms with E-state index in [0.29, 0.717) is 20.7 Å². The number of nitrogens with zero attached hydrogens (tertiary/aromatic N) is 5. The normalized spacial score (nSPS) is 27.3. The Bertz CT molecular complexity index is 1150. The van der Waals surface area contributed by atoms with Gasteiger partial charge in [0.25, 0.3) is 5.91 Å². The predicted octanol–water partition coefficient (Wildman–Crippen LogP) is 3.02. The van der Waals surface area contributed by atoms with Crippen LogP contribution in [0.25, 0.3) is 10.8 Å². The van der Waals surface area contributed by atoms with E-state index >= 15 is 0 Å². The van der Waals surface area contributed by atoms with Crippen LogP contribution in [0.15, 0.2) is 41.9 Å². The van der Waals surface area contributed by atoms with Crippen molar-refractivity contribution in [1.29, 1.82) is 0 Å². The van der Waals surface area contributed by atoms with E-state index in [9.17, 15) is 4.79 Å². The van der Waals surface area contributed by atoms with Crippen LogP contribution in [0.4, 0.5) is 0 Å². The van der Waals surface area contributed by atoms with Gasteiger partial charge in [-0.2, -0.15) is 5.10 Å². The summed E-state index contributed by atoms with van der Waals surface area (Å²) < 4.78 is 1.88. The van der Waals surface area contributed by atoms with Gasteiger partial charge >= 0.3 is 0 Å². The number of rotatable bonds is 2. The summed E-state index contributed by atoms with van der Waals surface area (Å²) in [5.41, 5.74) is 6.10. The van der Waals surface area contributed by atoms with Crippen LogP contribution in [0.2, 0.25) is 0 Å². The Morgan fingerprint density at radius 2 is 1.87 bits per heavy atom. The van der Waals surface area contributed by atoms with Gasteiger partial charge in [-0.1, -0.05) is 8.58 Å². The van der Waals surface area contributed by atoms with E-state index in [1.54, 1.807) is 6.08 Å². The number of aromatic nitrogens is 3. The van der Waals surface area contributed by atoms with Crippen LogP contribution in [0.1, 0.15) is 37.9 Å². The van der Waals surface area contributed by atoms with Crippen molar-refractivity contribution < 1.29 is 4.79 Å². The van der Waals surface area contributed by atoms with E-state index in [4.69, 9.17) is 5.10 Å². The van der Waals surface area contributed by atoms with Crippen LogP contribution in [0, 0.1) is 13.8 Å². The molecule has 7 nitrogen and oxygen atoms in total. The fourth-order valence-electron chi connectivity index (χ4n) is 4.83. The second-order valence-corrected chi connectivity index (χ2v) is 10.4. The number of allylic oxidation sites excluding steroid dienone is 1. The van der Waals surface area contributed by atoms with E-state index in [2.05, 4.69) is 48.1 Å². The maximum Gasteiger partial charge on any atom is 0.252 e. The van der Waals surface area contributed by atoms with Gasteiger partial charge in [0.15, 0.2) is 0 Å². The molecule has 0 aliphatic carbocycles. The molecule has 1 amide bonds. The van der Waals surface area contributed by atoms with Crippen LogP contribution < -0.4 is 5.32 Å². The molecule has 5 rings (SSSR count). The van der Waals surface area contributed by atoms with Gasteiger partial charge in [-0.3, -0.25) is 9.78 Å². The number of amides is 1. The highest BCUT2D eigenvalue weighted by Crippen LogP contribution is 2.47. The van der Waals surface area contributed by atoms with Crippen molar-refractivity contribution in [2.45, 2.75) is 52.5 Å². The zero-order chi connectivity index (χ0) is 21.9. The topological polar surface area (TPSA) is 65.8 Å². The van der Waals surface area contributed by atoms with Gasteiger partial charge in [0.05, 0.1) is 40.3 Å². The third-order valence-corrected chi connectivity index (χ3v) is 7.85. The number of piperazine rings is 1. The first-order chi connectivity index (χ1) is 14.8. The van der Waals surface area contributed by atoms with Gasteiger partial charge in [0, 0.05) is 42.8 Å². The van der Waals surface area contributed by atoms with Crippen LogP contribution in [-0.2, 0) is 4.79 Å². The predicted molar refractivity (Wildman–Crippen MR) is 125 cm³/mol. The molecule has 31 heavy (non-hydrogen) atoms. The molecular weight excluding hydrogens is 407 g/mol. The average molecular weight is 437 g/mol. The lowest BCUT2D eigenvalue weighted by Crippen LogP contribution is -2.54. The summed E-state index contributed by atoms with van der Waals surface area (Å²) in [6, 6.07) is 2.91. The van der Waals surface area contributed by atoms with Crippen LogP contribution in [-0.4, -0.2) is 61.3 Å². The standard InChI is InChI=1S/C23H29N6OP/c1-13-6-18(27-9-14(2)24-15(3)10-27)12-28-22(30)8-21(31-23(13)28)19-7-20-17(5)25-16(4)11-29(20)26-19/h6-8,11-12,14-15,23-24,31H,9-10H2,1-5H3/t14-,15+,23?. The Kier molecular flexibility index (Phi) is 4.98. The molecule has 2 aromatic rings. The smallest absolute Gasteiger partial charge is 0.252 e. The second kappa shape index (κ2) is 7.57. The Balaban J connectivity index is 1.46. The maximum absolute atomic E-state index is 13.2. The number of carbonyl (C=O) groups is 1. The van der Waals surface area contributed by atoms with Crippen molar-refractivity contribution in [2.75, 3.05) is 13.1 Å². The summed E-state index contributed by atoms with van der Waals surface area (Å²) in [5.74, 6) is 0.0998. The first kappa shape index (κ1) is 20.4. The lowest BCUT2D eigenvalue weighted by molar-refractivity contribution is -0.124. The zero-order valence-electron chi connectivity index (χ0n) is 18.7. The van der Waals surface area contributed by atoms with E-state index in [0.717, 1.165) is 46.7 Å². The van der Waals surface area contributed by atoms with Crippen LogP contribution in [0.5, 0.6) is 0 Å². The summed E-state index contributed by atoms with van der Waals surface area (Å²) in [6.45, 7) is 12.4. The minimum absolute atomic E-state index is 0.0306. The molecule has 1 saturated heterocycles. The lowest BCUT2D eigenvalue weighted by Gasteiger charge is -2.42. The van der Waals surface area contributed by atoms with E-state index in [-0.39, 0.29) is 11.7 Å². The molecule has 0 saturated carbocycles. The third-order valence-electron chi connectivity index (χ3n) is 6.13. The Morgan fingerprint density at radius 3 is 2.61 bits per heavy atom. The van der Waals surface area contributed by atoms with Gasteiger partial charge in [-0.05, 0) is 52.3 Å². The Labute approximate surface area is 184 Å². The molecule has 2 unspecified atom stereocenters. The van der Waals surface area contributed by atoms with Crippen molar-refractivity contribution in [3.05, 3.63) is 59.0 Å². The van der Waals surface area contributed by atoms with E-state index < -0.39 is 0 Å². The van der Waals surface area contributed by atoms with Gasteiger partial charge in [-0.25, -0.2) is 4.52 Å². The molecule has 3 aliphatic heterocycles. The summed E-state index contributed by atoms with van der Waals surface area (Å²) in [4.78, 5) is 22.0. The molecule has 4 atom stereocenters. The maximum atomic E-state index is 13.2. The third kappa shape index (κ3) is 3.70. The molecule has 1 N–H and O–H groups in total. The van der Waals surface area contributed by atoms with E-state index in [1.807, 2.05) is 35.7 Å². The molecular formula is C23H29N6OP. The highest BCUT2D eigenvalue weighted by molar-refractivity contribution is 7.51. The number of fused-ring (bicyclic) bond motifs is 2. The molecule has 2 aromatic heterocycles. The van der Waals surface area contributed by atoms with Gasteiger partial charge in [0.1, 0.15) is 0 Å². The highest BCUT2D eigenvalue weighted by Gasteiger charge is 2.34. The largest absolute Gasteiger partial charge is 0.367 e. The molecule has 5 heterocycles. The Morgan fingerprint density at radius 1 is 1.13 bits per heavy atom. The fourth-order valence-corrected chi connectivity index (χ4v) is 6.25. The molecule has 0 radical (unpaired) electrons. The highest BCUT2D eigenvalue weighted by atomic mass is 31.1. The number of nitrogens with one attached hydrogen (secondary N) is 1. The van der Waals surface area contributed by atoms with Gasteiger partial charge in [0.2, 0.25) is 0 Å². The zero-order valence-corrected chi connectivity index (χ0v) is 19.7. The summed E-state index contributed by atoms with van der Waals surface area (Å²) in [6.07, 6.45) is 8.01. The number of carbonyl (C=O) groups excluding carboxylic acids is 1. The van der Waals surface area contributed by atoms with Gasteiger partial charge < -0.3 is 15.1 Å². The molecule has 162 valence electrons. The number of hydrogen-bond donors (Lipinski definition) is 1. The second-order valence-electron chi connectivity index (χ2n) is 8.99. The van der Waals surface area contributed by atoms with Crippen molar-refractivity contribution in [1.82, 2.24) is 29.7 Å². The van der Waals surface area contributed by atoms with Crippen LogP contribution >= 0.6 is 8.58 Å². The summed E-state index contributed by atoms with van der Waals surface area (Å²) in [7, 11) is 0.460. The first-order valence-corrected chi connectivity index (χ1v) is 11.9. The van der Waals surface area contributed by atoms with E-state index in [1.165, 1.54) is 5.57 Å². The minimum Gasteiger partial charge on any atom is -0.367 e.